The maximum atomic E-state index is 12.5. The minimum atomic E-state index is -1.27. The van der Waals surface area contributed by atoms with Crippen molar-refractivity contribution in [2.45, 2.75) is 69.7 Å². The fourth-order valence-electron chi connectivity index (χ4n) is 4.41. The molecule has 3 heterocycles. The summed E-state index contributed by atoms with van der Waals surface area (Å²) in [5, 5.41) is 11.2. The molecule has 0 aromatic carbocycles. The van der Waals surface area contributed by atoms with Gasteiger partial charge in [-0.3, -0.25) is 9.59 Å². The second-order valence-electron chi connectivity index (χ2n) is 7.38. The molecule has 3 aliphatic heterocycles. The number of methoxy groups -OCH3 is 1. The van der Waals surface area contributed by atoms with E-state index >= 15 is 0 Å². The molecular weight excluding hydrogens is 326 g/mol. The third-order valence-electron chi connectivity index (χ3n) is 5.69. The number of hydrogen-bond donors (Lipinski definition) is 1. The summed E-state index contributed by atoms with van der Waals surface area (Å²) < 4.78 is 10.2. The van der Waals surface area contributed by atoms with E-state index in [1.54, 1.807) is 11.8 Å². The quantitative estimate of drug-likeness (QED) is 0.601. The standard InChI is InChI=1S/C18H25NO6/c1-10-8-13(25-17(10)22)12-4-5-14-18(23,7-6-15(20)19(12)14)9-11(2)16(21)24-3/h9-10,12-14,23H,4-8H2,1-3H3/b11-9+/t10-,12-,13-,14-,18+/m0/s1. The lowest BCUT2D eigenvalue weighted by Crippen LogP contribution is -2.59. The Labute approximate surface area is 147 Å². The van der Waals surface area contributed by atoms with Gasteiger partial charge in [-0.2, -0.15) is 0 Å². The number of cyclic esters (lactones) is 1. The summed E-state index contributed by atoms with van der Waals surface area (Å²) >= 11 is 0. The molecule has 0 radical (unpaired) electrons. The predicted molar refractivity (Wildman–Crippen MR) is 87.3 cm³/mol. The van der Waals surface area contributed by atoms with E-state index < -0.39 is 17.6 Å². The number of nitrogens with zero attached hydrogens (tertiary/aromatic N) is 1. The van der Waals surface area contributed by atoms with Crippen molar-refractivity contribution in [1.82, 2.24) is 4.90 Å². The van der Waals surface area contributed by atoms with Crippen molar-refractivity contribution in [3.05, 3.63) is 11.6 Å². The average Bonchev–Trinajstić information content (AvgIpc) is 3.16. The highest BCUT2D eigenvalue weighted by Crippen LogP contribution is 2.43. The van der Waals surface area contributed by atoms with Gasteiger partial charge >= 0.3 is 11.9 Å². The van der Waals surface area contributed by atoms with Crippen molar-refractivity contribution >= 4 is 17.8 Å². The number of fused-ring (bicyclic) bond motifs is 1. The molecule has 0 spiro atoms. The van der Waals surface area contributed by atoms with Gasteiger partial charge in [0.1, 0.15) is 11.7 Å². The van der Waals surface area contributed by atoms with Gasteiger partial charge in [0.2, 0.25) is 5.91 Å². The second-order valence-corrected chi connectivity index (χ2v) is 7.38. The molecule has 138 valence electrons. The summed E-state index contributed by atoms with van der Waals surface area (Å²) in [6, 6.07) is -0.613. The third kappa shape index (κ3) is 3.05. The summed E-state index contributed by atoms with van der Waals surface area (Å²) in [5.41, 5.74) is -0.946. The number of rotatable bonds is 3. The lowest BCUT2D eigenvalue weighted by molar-refractivity contribution is -0.155. The molecule has 3 fully saturated rings. The smallest absolute Gasteiger partial charge is 0.333 e. The van der Waals surface area contributed by atoms with Crippen LogP contribution in [-0.4, -0.2) is 58.8 Å². The van der Waals surface area contributed by atoms with Gasteiger partial charge < -0.3 is 19.5 Å². The fourth-order valence-corrected chi connectivity index (χ4v) is 4.41. The molecule has 0 aliphatic carbocycles. The van der Waals surface area contributed by atoms with E-state index in [2.05, 4.69) is 0 Å². The summed E-state index contributed by atoms with van der Waals surface area (Å²) in [7, 11) is 1.29. The van der Waals surface area contributed by atoms with E-state index in [1.807, 2.05) is 6.92 Å². The van der Waals surface area contributed by atoms with Gasteiger partial charge in [-0.1, -0.05) is 6.92 Å². The monoisotopic (exact) mass is 351 g/mol. The van der Waals surface area contributed by atoms with E-state index in [9.17, 15) is 19.5 Å². The maximum absolute atomic E-state index is 12.5. The summed E-state index contributed by atoms with van der Waals surface area (Å²) in [6.07, 6.45) is 3.56. The Morgan fingerprint density at radius 3 is 2.72 bits per heavy atom. The average molecular weight is 351 g/mol. The molecular formula is C18H25NO6. The lowest BCUT2D eigenvalue weighted by atomic mass is 9.82. The van der Waals surface area contributed by atoms with Crippen LogP contribution in [0.2, 0.25) is 0 Å². The topological polar surface area (TPSA) is 93.1 Å². The van der Waals surface area contributed by atoms with Crippen LogP contribution in [0.4, 0.5) is 0 Å². The zero-order chi connectivity index (χ0) is 18.4. The molecule has 0 saturated carbocycles. The summed E-state index contributed by atoms with van der Waals surface area (Å²) in [5.74, 6) is -0.916. The Hall–Kier alpha value is -1.89. The number of amides is 1. The molecule has 3 rings (SSSR count). The van der Waals surface area contributed by atoms with Crippen LogP contribution in [0.3, 0.4) is 0 Å². The van der Waals surface area contributed by atoms with Crippen molar-refractivity contribution in [3.63, 3.8) is 0 Å². The number of ether oxygens (including phenoxy) is 2. The van der Waals surface area contributed by atoms with Crippen LogP contribution in [0.5, 0.6) is 0 Å². The van der Waals surface area contributed by atoms with Crippen LogP contribution in [0.25, 0.3) is 0 Å². The molecule has 1 N–H and O–H groups in total. The molecule has 3 saturated heterocycles. The van der Waals surface area contributed by atoms with Crippen LogP contribution in [0.1, 0.15) is 46.0 Å². The van der Waals surface area contributed by atoms with Crippen molar-refractivity contribution in [1.29, 1.82) is 0 Å². The number of carbonyl (C=O) groups is 3. The van der Waals surface area contributed by atoms with Crippen LogP contribution in [-0.2, 0) is 23.9 Å². The molecule has 0 aromatic rings. The van der Waals surface area contributed by atoms with Gasteiger partial charge in [0.25, 0.3) is 0 Å². The number of hydrogen-bond acceptors (Lipinski definition) is 6. The zero-order valence-corrected chi connectivity index (χ0v) is 14.9. The maximum Gasteiger partial charge on any atom is 0.333 e. The first kappa shape index (κ1) is 17.9. The Morgan fingerprint density at radius 1 is 1.40 bits per heavy atom. The van der Waals surface area contributed by atoms with Gasteiger partial charge in [0, 0.05) is 12.0 Å². The first-order valence-electron chi connectivity index (χ1n) is 8.78. The molecule has 3 aliphatic rings. The second kappa shape index (κ2) is 6.44. The highest BCUT2D eigenvalue weighted by Gasteiger charge is 2.54. The Balaban J connectivity index is 1.85. The molecule has 7 heteroatoms. The SMILES string of the molecule is COC(=O)/C(C)=C/[C@]1(O)CCC(=O)N2[C@H]1CC[C@H]2[C@@H]1C[C@H](C)C(=O)O1. The van der Waals surface area contributed by atoms with Gasteiger partial charge in [0.05, 0.1) is 25.1 Å². The minimum Gasteiger partial charge on any atom is -0.466 e. The van der Waals surface area contributed by atoms with E-state index in [0.29, 0.717) is 24.8 Å². The molecule has 25 heavy (non-hydrogen) atoms. The van der Waals surface area contributed by atoms with E-state index in [1.165, 1.54) is 13.2 Å². The fraction of sp³-hybridized carbons (Fsp3) is 0.722. The van der Waals surface area contributed by atoms with Gasteiger partial charge in [-0.15, -0.1) is 0 Å². The first-order chi connectivity index (χ1) is 11.8. The van der Waals surface area contributed by atoms with Crippen LogP contribution in [0.15, 0.2) is 11.6 Å². The first-order valence-corrected chi connectivity index (χ1v) is 8.78. The Kier molecular flexibility index (Phi) is 4.62. The largest absolute Gasteiger partial charge is 0.466 e. The van der Waals surface area contributed by atoms with E-state index in [-0.39, 0.29) is 42.8 Å². The molecule has 0 aromatic heterocycles. The molecule has 5 atom stereocenters. The van der Waals surface area contributed by atoms with E-state index in [0.717, 1.165) is 0 Å². The van der Waals surface area contributed by atoms with Crippen molar-refractivity contribution in [3.8, 4) is 0 Å². The number of piperidine rings is 1. The lowest BCUT2D eigenvalue weighted by Gasteiger charge is -2.44. The highest BCUT2D eigenvalue weighted by molar-refractivity contribution is 5.88. The van der Waals surface area contributed by atoms with Gasteiger partial charge in [-0.05, 0) is 38.7 Å². The highest BCUT2D eigenvalue weighted by atomic mass is 16.6. The number of esters is 2. The molecule has 0 bridgehead atoms. The van der Waals surface area contributed by atoms with Crippen LogP contribution >= 0.6 is 0 Å². The zero-order valence-electron chi connectivity index (χ0n) is 14.9. The van der Waals surface area contributed by atoms with Crippen LogP contribution < -0.4 is 0 Å². The van der Waals surface area contributed by atoms with Gasteiger partial charge in [0.15, 0.2) is 0 Å². The minimum absolute atomic E-state index is 0.0306. The van der Waals surface area contributed by atoms with E-state index in [4.69, 9.17) is 9.47 Å². The molecule has 1 amide bonds. The summed E-state index contributed by atoms with van der Waals surface area (Å²) in [6.45, 7) is 3.42. The Morgan fingerprint density at radius 2 is 2.12 bits per heavy atom. The summed E-state index contributed by atoms with van der Waals surface area (Å²) in [4.78, 5) is 37.6. The van der Waals surface area contributed by atoms with Crippen molar-refractivity contribution in [2.24, 2.45) is 5.92 Å². The molecule has 7 nitrogen and oxygen atoms in total. The number of aliphatic hydroxyl groups is 1. The third-order valence-corrected chi connectivity index (χ3v) is 5.69. The van der Waals surface area contributed by atoms with Crippen molar-refractivity contribution in [2.75, 3.05) is 7.11 Å². The Bertz CT molecular complexity index is 629. The van der Waals surface area contributed by atoms with Gasteiger partial charge in [-0.25, -0.2) is 4.79 Å². The van der Waals surface area contributed by atoms with Crippen LogP contribution in [0, 0.1) is 5.92 Å². The predicted octanol–water partition coefficient (Wildman–Crippen LogP) is 0.942. The van der Waals surface area contributed by atoms with Crippen molar-refractivity contribution < 1.29 is 29.0 Å². The normalized spacial score (nSPS) is 38.6. The number of carbonyl (C=O) groups excluding carboxylic acids is 3. The molecule has 0 unspecified atom stereocenters.